The van der Waals surface area contributed by atoms with Gasteiger partial charge in [0.2, 0.25) is 5.72 Å². The lowest BCUT2D eigenvalue weighted by Crippen LogP contribution is -2.54. The molecule has 0 radical (unpaired) electrons. The predicted octanol–water partition coefficient (Wildman–Crippen LogP) is 1.18. The number of nitrogens with zero attached hydrogens (tertiary/aromatic N) is 1. The van der Waals surface area contributed by atoms with E-state index in [1.54, 1.807) is 0 Å². The quantitative estimate of drug-likeness (QED) is 0.707. The third kappa shape index (κ3) is 2.44. The van der Waals surface area contributed by atoms with Crippen LogP contribution in [-0.2, 0) is 0 Å². The summed E-state index contributed by atoms with van der Waals surface area (Å²) >= 11 is 0. The molecule has 4 nitrogen and oxygen atoms in total. The fourth-order valence-electron chi connectivity index (χ4n) is 1.63. The maximum absolute atomic E-state index is 9.95. The zero-order valence-corrected chi connectivity index (χ0v) is 10.9. The molecular weight excluding hydrogens is 240 g/mol. The molecule has 0 saturated carbocycles. The van der Waals surface area contributed by atoms with Crippen molar-refractivity contribution in [1.82, 2.24) is 5.32 Å². The second kappa shape index (κ2) is 4.29. The normalized spacial score (nSPS) is 31.5. The van der Waals surface area contributed by atoms with Gasteiger partial charge in [-0.15, -0.1) is 12.4 Å². The maximum atomic E-state index is 9.95. The Morgan fingerprint density at radius 3 is 2.35 bits per heavy atom. The molecule has 1 heterocycles. The van der Waals surface area contributed by atoms with Gasteiger partial charge in [-0.1, -0.05) is 23.8 Å². The minimum atomic E-state index is -1.51. The van der Waals surface area contributed by atoms with Crippen LogP contribution in [-0.4, -0.2) is 27.5 Å². The molecule has 2 atom stereocenters. The van der Waals surface area contributed by atoms with Crippen molar-refractivity contribution in [3.8, 4) is 0 Å². The van der Waals surface area contributed by atoms with E-state index in [1.165, 1.54) is 13.8 Å². The fourth-order valence-corrected chi connectivity index (χ4v) is 1.63. The first-order chi connectivity index (χ1) is 7.32. The van der Waals surface area contributed by atoms with Gasteiger partial charge in [-0.2, -0.15) is 0 Å². The van der Waals surface area contributed by atoms with Crippen molar-refractivity contribution < 1.29 is 10.2 Å². The Morgan fingerprint density at radius 1 is 1.24 bits per heavy atom. The van der Waals surface area contributed by atoms with E-state index in [9.17, 15) is 10.2 Å². The number of hydrogen-bond donors (Lipinski definition) is 3. The zero-order valence-electron chi connectivity index (χ0n) is 10.1. The largest absolute Gasteiger partial charge is 0.367 e. The van der Waals surface area contributed by atoms with Crippen molar-refractivity contribution in [2.45, 2.75) is 32.2 Å². The van der Waals surface area contributed by atoms with Gasteiger partial charge < -0.3 is 15.5 Å². The monoisotopic (exact) mass is 256 g/mol. The third-order valence-corrected chi connectivity index (χ3v) is 2.91. The van der Waals surface area contributed by atoms with Gasteiger partial charge in [0.15, 0.2) is 5.72 Å². The Balaban J connectivity index is 0.00000144. The molecule has 1 aliphatic heterocycles. The van der Waals surface area contributed by atoms with Crippen LogP contribution in [0.5, 0.6) is 0 Å². The van der Waals surface area contributed by atoms with Crippen molar-refractivity contribution >= 4 is 18.2 Å². The van der Waals surface area contributed by atoms with E-state index in [4.69, 9.17) is 0 Å². The second-order valence-corrected chi connectivity index (χ2v) is 4.55. The molecule has 0 saturated heterocycles. The molecular formula is C12H17ClN2O2. The first-order valence-corrected chi connectivity index (χ1v) is 5.22. The molecule has 2 rings (SSSR count). The van der Waals surface area contributed by atoms with E-state index in [1.807, 2.05) is 31.2 Å². The lowest BCUT2D eigenvalue weighted by atomic mass is 10.1. The molecule has 0 fully saturated rings. The molecule has 1 aliphatic rings. The van der Waals surface area contributed by atoms with Crippen molar-refractivity contribution in [3.63, 3.8) is 0 Å². The van der Waals surface area contributed by atoms with E-state index >= 15 is 0 Å². The Labute approximate surface area is 107 Å². The number of hydrogen-bond acceptors (Lipinski definition) is 4. The van der Waals surface area contributed by atoms with Gasteiger partial charge in [0.05, 0.1) is 0 Å². The van der Waals surface area contributed by atoms with Crippen molar-refractivity contribution in [2.24, 2.45) is 4.99 Å². The highest BCUT2D eigenvalue weighted by Crippen LogP contribution is 2.27. The van der Waals surface area contributed by atoms with E-state index in [2.05, 4.69) is 10.3 Å². The third-order valence-electron chi connectivity index (χ3n) is 2.91. The van der Waals surface area contributed by atoms with Gasteiger partial charge in [-0.3, -0.25) is 0 Å². The lowest BCUT2D eigenvalue weighted by Gasteiger charge is -2.29. The summed E-state index contributed by atoms with van der Waals surface area (Å²) in [6, 6.07) is 7.73. The highest BCUT2D eigenvalue weighted by Gasteiger charge is 2.47. The molecule has 17 heavy (non-hydrogen) atoms. The minimum Gasteiger partial charge on any atom is -0.367 e. The Kier molecular flexibility index (Phi) is 3.52. The second-order valence-electron chi connectivity index (χ2n) is 4.55. The number of nitrogens with one attached hydrogen (secondary N) is 1. The molecule has 1 aromatic rings. The van der Waals surface area contributed by atoms with E-state index < -0.39 is 11.4 Å². The van der Waals surface area contributed by atoms with Gasteiger partial charge in [0.25, 0.3) is 0 Å². The molecule has 0 spiro atoms. The van der Waals surface area contributed by atoms with Crippen LogP contribution < -0.4 is 5.32 Å². The van der Waals surface area contributed by atoms with Crippen LogP contribution in [0.3, 0.4) is 0 Å². The molecule has 0 amide bonds. The standard InChI is InChI=1S/C12H16N2O2.ClH/c1-8-5-4-6-9(7-8)10-13-11(2,15)12(3,16)14-10;/h4-7,15-16H,1-3H3,(H,13,14);1H/t11-,12-;/m1./s1. The lowest BCUT2D eigenvalue weighted by molar-refractivity contribution is -0.122. The van der Waals surface area contributed by atoms with E-state index in [0.29, 0.717) is 5.84 Å². The van der Waals surface area contributed by atoms with E-state index in [0.717, 1.165) is 11.1 Å². The zero-order chi connectivity index (χ0) is 12.0. The molecule has 3 N–H and O–H groups in total. The summed E-state index contributed by atoms with van der Waals surface area (Å²) in [5.74, 6) is 0.513. The molecule has 1 aromatic carbocycles. The number of aryl methyl sites for hydroxylation is 1. The SMILES string of the molecule is Cc1cccc(C2=N[C@](C)(O)[C@@](C)(O)N2)c1.Cl. The van der Waals surface area contributed by atoms with Crippen LogP contribution in [0.25, 0.3) is 0 Å². The van der Waals surface area contributed by atoms with Gasteiger partial charge in [-0.25, -0.2) is 4.99 Å². The summed E-state index contributed by atoms with van der Waals surface area (Å²) in [4.78, 5) is 4.10. The highest BCUT2D eigenvalue weighted by molar-refractivity contribution is 6.00. The number of aliphatic hydroxyl groups is 2. The Hall–Kier alpha value is -1.10. The van der Waals surface area contributed by atoms with Crippen LogP contribution in [0.1, 0.15) is 25.0 Å². The van der Waals surface area contributed by atoms with Gasteiger partial charge in [0, 0.05) is 5.56 Å². The van der Waals surface area contributed by atoms with Crippen LogP contribution in [0.4, 0.5) is 0 Å². The Bertz CT molecular complexity index is 456. The smallest absolute Gasteiger partial charge is 0.203 e. The predicted molar refractivity (Wildman–Crippen MR) is 69.3 cm³/mol. The summed E-state index contributed by atoms with van der Waals surface area (Å²) in [5.41, 5.74) is -0.982. The number of amidine groups is 1. The minimum absolute atomic E-state index is 0. The number of aliphatic imine (C=N–C) groups is 1. The van der Waals surface area contributed by atoms with Gasteiger partial charge >= 0.3 is 0 Å². The van der Waals surface area contributed by atoms with Crippen LogP contribution in [0, 0.1) is 6.92 Å². The fraction of sp³-hybridized carbons (Fsp3) is 0.417. The molecule has 94 valence electrons. The van der Waals surface area contributed by atoms with Crippen LogP contribution in [0.2, 0.25) is 0 Å². The van der Waals surface area contributed by atoms with Crippen molar-refractivity contribution in [1.29, 1.82) is 0 Å². The summed E-state index contributed by atoms with van der Waals surface area (Å²) in [7, 11) is 0. The first kappa shape index (κ1) is 14.0. The summed E-state index contributed by atoms with van der Waals surface area (Å²) < 4.78 is 0. The number of rotatable bonds is 1. The molecule has 0 aliphatic carbocycles. The Morgan fingerprint density at radius 2 is 1.88 bits per heavy atom. The topological polar surface area (TPSA) is 64.9 Å². The first-order valence-electron chi connectivity index (χ1n) is 5.22. The summed E-state index contributed by atoms with van der Waals surface area (Å²) in [6.45, 7) is 4.96. The molecule has 0 bridgehead atoms. The molecule has 5 heteroatoms. The molecule has 0 aromatic heterocycles. The molecule has 0 unspecified atom stereocenters. The van der Waals surface area contributed by atoms with Crippen molar-refractivity contribution in [2.75, 3.05) is 0 Å². The average molecular weight is 257 g/mol. The van der Waals surface area contributed by atoms with Gasteiger partial charge in [-0.05, 0) is 26.8 Å². The van der Waals surface area contributed by atoms with E-state index in [-0.39, 0.29) is 12.4 Å². The summed E-state index contributed by atoms with van der Waals surface area (Å²) in [6.07, 6.45) is 0. The van der Waals surface area contributed by atoms with Gasteiger partial charge in [0.1, 0.15) is 5.84 Å². The van der Waals surface area contributed by atoms with Crippen LogP contribution >= 0.6 is 12.4 Å². The van der Waals surface area contributed by atoms with Crippen LogP contribution in [0.15, 0.2) is 29.3 Å². The highest BCUT2D eigenvalue weighted by atomic mass is 35.5. The summed E-state index contributed by atoms with van der Waals surface area (Å²) in [5, 5.41) is 22.7. The number of benzene rings is 1. The average Bonchev–Trinajstić information content (AvgIpc) is 2.36. The number of halogens is 1. The maximum Gasteiger partial charge on any atom is 0.203 e. The van der Waals surface area contributed by atoms with Crippen molar-refractivity contribution in [3.05, 3.63) is 35.4 Å².